The van der Waals surface area contributed by atoms with Gasteiger partial charge in [0.2, 0.25) is 5.91 Å². The van der Waals surface area contributed by atoms with Crippen molar-refractivity contribution < 1.29 is 27.8 Å². The predicted octanol–water partition coefficient (Wildman–Crippen LogP) is 2.77. The number of alkyl halides is 3. The van der Waals surface area contributed by atoms with E-state index in [1.54, 1.807) is 24.3 Å². The molecule has 0 aliphatic heterocycles. The molecular formula is C24H27ClF3N5O4. The van der Waals surface area contributed by atoms with Gasteiger partial charge in [-0.2, -0.15) is 13.2 Å². The van der Waals surface area contributed by atoms with E-state index in [-0.39, 0.29) is 24.5 Å². The Kier molecular flexibility index (Phi) is 9.13. The summed E-state index contributed by atoms with van der Waals surface area (Å²) in [6, 6.07) is 9.73. The fourth-order valence-corrected chi connectivity index (χ4v) is 3.76. The minimum absolute atomic E-state index is 0.0456. The van der Waals surface area contributed by atoms with Crippen LogP contribution in [0, 0.1) is 0 Å². The molecule has 3 rings (SSSR count). The molecule has 0 radical (unpaired) electrons. The van der Waals surface area contributed by atoms with Crippen molar-refractivity contribution in [3.8, 4) is 11.4 Å². The molecule has 2 aromatic carbocycles. The van der Waals surface area contributed by atoms with Crippen LogP contribution in [-0.2, 0) is 28.8 Å². The number of likely N-dealkylation sites (N-methyl/N-ethyl adjacent to an activating group) is 1. The van der Waals surface area contributed by atoms with Gasteiger partial charge in [0.25, 0.3) is 0 Å². The standard InChI is InChI=1S/C24H27ClF3N5O4/c1-31(2)22(35)20(16-5-4-6-17(13-16)24(26,27)28)29-19(34)14-33-23(36)32(11-12-37-3)21(30-33)15-7-9-18(25)10-8-15/h4-10,13,20,22,35H,11-12,14H2,1-3H3,(H,29,34). The van der Waals surface area contributed by atoms with Gasteiger partial charge in [-0.3, -0.25) is 14.3 Å². The Morgan fingerprint density at radius 2 is 1.89 bits per heavy atom. The number of amides is 1. The molecule has 13 heteroatoms. The highest BCUT2D eigenvalue weighted by molar-refractivity contribution is 6.30. The molecule has 0 bridgehead atoms. The molecule has 37 heavy (non-hydrogen) atoms. The number of hydrogen-bond donors (Lipinski definition) is 2. The molecule has 1 heterocycles. The van der Waals surface area contributed by atoms with Gasteiger partial charge in [0.1, 0.15) is 12.8 Å². The lowest BCUT2D eigenvalue weighted by atomic mass is 10.0. The first-order valence-electron chi connectivity index (χ1n) is 11.2. The van der Waals surface area contributed by atoms with E-state index >= 15 is 0 Å². The second-order valence-electron chi connectivity index (χ2n) is 8.46. The van der Waals surface area contributed by atoms with Crippen molar-refractivity contribution in [2.45, 2.75) is 31.5 Å². The number of nitrogens with zero attached hydrogens (tertiary/aromatic N) is 4. The summed E-state index contributed by atoms with van der Waals surface area (Å²) in [7, 11) is 4.50. The Morgan fingerprint density at radius 1 is 1.22 bits per heavy atom. The van der Waals surface area contributed by atoms with Crippen LogP contribution in [0.5, 0.6) is 0 Å². The Hall–Kier alpha value is -3.19. The average Bonchev–Trinajstić information content (AvgIpc) is 3.15. The van der Waals surface area contributed by atoms with E-state index in [1.165, 1.54) is 42.8 Å². The van der Waals surface area contributed by atoms with Crippen LogP contribution >= 0.6 is 11.6 Å². The number of carbonyl (C=O) groups is 1. The molecule has 0 aliphatic carbocycles. The summed E-state index contributed by atoms with van der Waals surface area (Å²) in [4.78, 5) is 27.3. The summed E-state index contributed by atoms with van der Waals surface area (Å²) in [5.41, 5.74) is -0.873. The fourth-order valence-electron chi connectivity index (χ4n) is 3.63. The van der Waals surface area contributed by atoms with E-state index < -0.39 is 42.2 Å². The van der Waals surface area contributed by atoms with Gasteiger partial charge < -0.3 is 15.2 Å². The first-order chi connectivity index (χ1) is 17.4. The molecule has 2 unspecified atom stereocenters. The predicted molar refractivity (Wildman–Crippen MR) is 131 cm³/mol. The molecule has 1 amide bonds. The van der Waals surface area contributed by atoms with Crippen LogP contribution in [0.3, 0.4) is 0 Å². The van der Waals surface area contributed by atoms with Crippen LogP contribution in [0.25, 0.3) is 11.4 Å². The number of halogens is 4. The summed E-state index contributed by atoms with van der Waals surface area (Å²) >= 11 is 5.96. The minimum Gasteiger partial charge on any atom is -0.383 e. The zero-order chi connectivity index (χ0) is 27.3. The van der Waals surface area contributed by atoms with E-state index in [4.69, 9.17) is 16.3 Å². The number of aromatic nitrogens is 3. The lowest BCUT2D eigenvalue weighted by Crippen LogP contribution is -2.45. The fraction of sp³-hybridized carbons (Fsp3) is 0.375. The Labute approximate surface area is 216 Å². The van der Waals surface area contributed by atoms with Gasteiger partial charge in [-0.15, -0.1) is 5.10 Å². The smallest absolute Gasteiger partial charge is 0.383 e. The molecule has 9 nitrogen and oxygen atoms in total. The van der Waals surface area contributed by atoms with Crippen LogP contribution in [0.2, 0.25) is 5.02 Å². The van der Waals surface area contributed by atoms with Crippen molar-refractivity contribution in [2.75, 3.05) is 27.8 Å². The largest absolute Gasteiger partial charge is 0.416 e. The van der Waals surface area contributed by atoms with Crippen molar-refractivity contribution >= 4 is 17.5 Å². The van der Waals surface area contributed by atoms with Crippen LogP contribution < -0.4 is 11.0 Å². The van der Waals surface area contributed by atoms with E-state index in [9.17, 15) is 27.9 Å². The van der Waals surface area contributed by atoms with Gasteiger partial charge >= 0.3 is 11.9 Å². The van der Waals surface area contributed by atoms with Crippen molar-refractivity contribution in [1.29, 1.82) is 0 Å². The number of aliphatic hydroxyl groups is 1. The lowest BCUT2D eigenvalue weighted by Gasteiger charge is -2.29. The Balaban J connectivity index is 1.91. The number of ether oxygens (including phenoxy) is 1. The summed E-state index contributed by atoms with van der Waals surface area (Å²) in [6.07, 6.45) is -5.96. The molecule has 0 saturated heterocycles. The third-order valence-corrected chi connectivity index (χ3v) is 5.81. The molecular weight excluding hydrogens is 515 g/mol. The number of carbonyl (C=O) groups excluding carboxylic acids is 1. The van der Waals surface area contributed by atoms with E-state index in [0.717, 1.165) is 16.8 Å². The van der Waals surface area contributed by atoms with Gasteiger partial charge in [0, 0.05) is 17.7 Å². The van der Waals surface area contributed by atoms with Crippen molar-refractivity contribution in [1.82, 2.24) is 24.6 Å². The number of hydrogen-bond acceptors (Lipinski definition) is 6. The molecule has 0 spiro atoms. The highest BCUT2D eigenvalue weighted by Gasteiger charge is 2.33. The normalized spacial score (nSPS) is 13.5. The van der Waals surface area contributed by atoms with Crippen LogP contribution in [0.1, 0.15) is 17.2 Å². The maximum absolute atomic E-state index is 13.3. The zero-order valence-corrected chi connectivity index (χ0v) is 21.1. The first kappa shape index (κ1) is 28.4. The topological polar surface area (TPSA) is 102 Å². The molecule has 2 atom stereocenters. The SMILES string of the molecule is COCCn1c(-c2ccc(Cl)cc2)nn(CC(=O)NC(c2cccc(C(F)(F)F)c2)C(O)N(C)C)c1=O. The third-order valence-electron chi connectivity index (χ3n) is 5.55. The van der Waals surface area contributed by atoms with E-state index in [2.05, 4.69) is 10.4 Å². The molecule has 3 aromatic rings. The summed E-state index contributed by atoms with van der Waals surface area (Å²) in [5.74, 6) is -0.446. The Bertz CT molecular complexity index is 1270. The quantitative estimate of drug-likeness (QED) is 0.383. The van der Waals surface area contributed by atoms with Gasteiger partial charge in [0.05, 0.1) is 24.8 Å². The van der Waals surface area contributed by atoms with Crippen LogP contribution in [0.4, 0.5) is 13.2 Å². The van der Waals surface area contributed by atoms with E-state index in [1.807, 2.05) is 0 Å². The van der Waals surface area contributed by atoms with Crippen molar-refractivity contribution in [3.05, 3.63) is 75.2 Å². The molecule has 0 aliphatic rings. The summed E-state index contributed by atoms with van der Waals surface area (Å²) in [5, 5.41) is 18.0. The van der Waals surface area contributed by atoms with E-state index in [0.29, 0.717) is 10.6 Å². The monoisotopic (exact) mass is 541 g/mol. The molecule has 200 valence electrons. The number of aliphatic hydroxyl groups excluding tert-OH is 1. The van der Waals surface area contributed by atoms with Gasteiger partial charge in [-0.05, 0) is 56.1 Å². The molecule has 0 saturated carbocycles. The van der Waals surface area contributed by atoms with Gasteiger partial charge in [0.15, 0.2) is 5.82 Å². The van der Waals surface area contributed by atoms with Crippen molar-refractivity contribution in [2.24, 2.45) is 0 Å². The Morgan fingerprint density at radius 3 is 2.49 bits per heavy atom. The third kappa shape index (κ3) is 6.98. The van der Waals surface area contributed by atoms with Crippen LogP contribution in [0.15, 0.2) is 53.3 Å². The maximum atomic E-state index is 13.3. The lowest BCUT2D eigenvalue weighted by molar-refractivity contribution is -0.137. The van der Waals surface area contributed by atoms with Crippen LogP contribution in [-0.4, -0.2) is 64.3 Å². The van der Waals surface area contributed by atoms with Crippen molar-refractivity contribution in [3.63, 3.8) is 0 Å². The number of nitrogens with one attached hydrogen (secondary N) is 1. The second-order valence-corrected chi connectivity index (χ2v) is 8.90. The number of methoxy groups -OCH3 is 1. The highest BCUT2D eigenvalue weighted by atomic mass is 35.5. The number of benzene rings is 2. The zero-order valence-electron chi connectivity index (χ0n) is 20.4. The first-order valence-corrected chi connectivity index (χ1v) is 11.5. The number of rotatable bonds is 10. The van der Waals surface area contributed by atoms with Gasteiger partial charge in [-0.25, -0.2) is 9.48 Å². The maximum Gasteiger partial charge on any atom is 0.416 e. The second kappa shape index (κ2) is 11.9. The van der Waals surface area contributed by atoms with Gasteiger partial charge in [-0.1, -0.05) is 23.7 Å². The summed E-state index contributed by atoms with van der Waals surface area (Å²) < 4.78 is 47.1. The molecule has 2 N–H and O–H groups in total. The highest BCUT2D eigenvalue weighted by Crippen LogP contribution is 2.31. The average molecular weight is 542 g/mol. The molecule has 1 aromatic heterocycles. The minimum atomic E-state index is -4.60. The molecule has 0 fully saturated rings. The summed E-state index contributed by atoms with van der Waals surface area (Å²) in [6.45, 7) is -0.152.